The van der Waals surface area contributed by atoms with Crippen LogP contribution in [0.5, 0.6) is 0 Å². The molecule has 0 saturated carbocycles. The molecule has 162 valence electrons. The van der Waals surface area contributed by atoms with Gasteiger partial charge in [0.05, 0.1) is 11.0 Å². The Hall–Kier alpha value is -4.11. The van der Waals surface area contributed by atoms with E-state index in [1.54, 1.807) is 0 Å². The lowest BCUT2D eigenvalue weighted by Gasteiger charge is -1.98. The lowest BCUT2D eigenvalue weighted by molar-refractivity contribution is 1.26. The van der Waals surface area contributed by atoms with Crippen LogP contribution in [0.3, 0.4) is 0 Å². The average Bonchev–Trinajstić information content (AvgIpc) is 2.85. The van der Waals surface area contributed by atoms with Crippen LogP contribution in [0.1, 0.15) is 16.8 Å². The van der Waals surface area contributed by atoms with Gasteiger partial charge in [-0.2, -0.15) is 0 Å². The fraction of sp³-hybridized carbons (Fsp3) is 0.100. The molecule has 0 bridgehead atoms. The first-order valence-electron chi connectivity index (χ1n) is 11.0. The van der Waals surface area contributed by atoms with Crippen molar-refractivity contribution in [1.29, 1.82) is 0 Å². The van der Waals surface area contributed by atoms with Crippen molar-refractivity contribution in [1.82, 2.24) is 15.0 Å². The summed E-state index contributed by atoms with van der Waals surface area (Å²) in [5.41, 5.74) is 5.67. The van der Waals surface area contributed by atoms with Crippen LogP contribution in [0.15, 0.2) is 110 Å². The predicted octanol–water partition coefficient (Wildman–Crippen LogP) is 7.63. The molecule has 0 aliphatic carbocycles. The number of hydrogen-bond acceptors (Lipinski definition) is 3. The van der Waals surface area contributed by atoms with Crippen LogP contribution in [0.25, 0.3) is 32.6 Å². The van der Waals surface area contributed by atoms with E-state index in [2.05, 4.69) is 71.3 Å². The zero-order valence-electron chi connectivity index (χ0n) is 19.2. The van der Waals surface area contributed by atoms with Crippen molar-refractivity contribution in [2.45, 2.75) is 20.8 Å². The fourth-order valence-corrected chi connectivity index (χ4v) is 3.62. The van der Waals surface area contributed by atoms with Gasteiger partial charge < -0.3 is 0 Å². The van der Waals surface area contributed by atoms with Gasteiger partial charge in [0.15, 0.2) is 0 Å². The molecule has 0 fully saturated rings. The highest BCUT2D eigenvalue weighted by atomic mass is 14.7. The van der Waals surface area contributed by atoms with Gasteiger partial charge in [0.25, 0.3) is 0 Å². The second kappa shape index (κ2) is 10.5. The molecule has 3 heterocycles. The van der Waals surface area contributed by atoms with E-state index in [0.717, 1.165) is 16.7 Å². The zero-order chi connectivity index (χ0) is 23.0. The topological polar surface area (TPSA) is 38.7 Å². The van der Waals surface area contributed by atoms with Crippen molar-refractivity contribution in [3.8, 4) is 0 Å². The Labute approximate surface area is 194 Å². The van der Waals surface area contributed by atoms with Gasteiger partial charge >= 0.3 is 0 Å². The quantitative estimate of drug-likeness (QED) is 0.249. The van der Waals surface area contributed by atoms with Crippen LogP contribution in [-0.4, -0.2) is 15.0 Å². The number of fused-ring (bicyclic) bond motifs is 3. The molecule has 3 aromatic heterocycles. The highest BCUT2D eigenvalue weighted by molar-refractivity contribution is 5.84. The average molecular weight is 430 g/mol. The van der Waals surface area contributed by atoms with Crippen molar-refractivity contribution in [2.75, 3.05) is 0 Å². The molecule has 3 heteroatoms. The first kappa shape index (κ1) is 22.1. The summed E-state index contributed by atoms with van der Waals surface area (Å²) in [7, 11) is 0. The summed E-state index contributed by atoms with van der Waals surface area (Å²) in [6.07, 6.45) is 5.67. The summed E-state index contributed by atoms with van der Waals surface area (Å²) in [6.45, 7) is 6.14. The molecule has 0 N–H and O–H groups in total. The van der Waals surface area contributed by atoms with E-state index < -0.39 is 0 Å². The lowest BCUT2D eigenvalue weighted by atomic mass is 10.1. The second-order valence-corrected chi connectivity index (χ2v) is 8.03. The Bertz CT molecular complexity index is 1410. The largest absolute Gasteiger partial charge is 0.264 e. The minimum absolute atomic E-state index is 1.07. The molecule has 0 amide bonds. The Morgan fingerprint density at radius 1 is 0.545 bits per heavy atom. The van der Waals surface area contributed by atoms with E-state index in [1.807, 2.05) is 74.0 Å². The molecule has 3 aromatic carbocycles. The zero-order valence-corrected chi connectivity index (χ0v) is 19.2. The van der Waals surface area contributed by atoms with Crippen LogP contribution >= 0.6 is 0 Å². The first-order valence-corrected chi connectivity index (χ1v) is 11.0. The van der Waals surface area contributed by atoms with Crippen molar-refractivity contribution >= 4 is 32.6 Å². The molecule has 0 radical (unpaired) electrons. The van der Waals surface area contributed by atoms with Gasteiger partial charge in [-0.3, -0.25) is 15.0 Å². The molecule has 0 aliphatic heterocycles. The van der Waals surface area contributed by atoms with Crippen LogP contribution in [0, 0.1) is 20.8 Å². The molecule has 0 spiro atoms. The number of benzene rings is 3. The van der Waals surface area contributed by atoms with Crippen molar-refractivity contribution < 1.29 is 0 Å². The number of rotatable bonds is 0. The molecule has 0 atom stereocenters. The molecule has 33 heavy (non-hydrogen) atoms. The summed E-state index contributed by atoms with van der Waals surface area (Å²) in [4.78, 5) is 12.8. The molecule has 6 rings (SSSR count). The fourth-order valence-electron chi connectivity index (χ4n) is 3.62. The maximum Gasteiger partial charge on any atom is 0.0705 e. The Morgan fingerprint density at radius 3 is 2.00 bits per heavy atom. The van der Waals surface area contributed by atoms with E-state index >= 15 is 0 Å². The SMILES string of the molecule is Cc1ccc2ccccc2n1.Cc1cnc2ccccc2c1.Cc1cncc2ccccc12. The third-order valence-electron chi connectivity index (χ3n) is 5.33. The van der Waals surface area contributed by atoms with Crippen LogP contribution in [-0.2, 0) is 0 Å². The number of para-hydroxylation sites is 2. The van der Waals surface area contributed by atoms with E-state index in [4.69, 9.17) is 0 Å². The van der Waals surface area contributed by atoms with Gasteiger partial charge in [0.2, 0.25) is 0 Å². The number of aromatic nitrogens is 3. The van der Waals surface area contributed by atoms with Crippen molar-refractivity contribution in [3.05, 3.63) is 126 Å². The number of aryl methyl sites for hydroxylation is 3. The maximum atomic E-state index is 4.38. The highest BCUT2D eigenvalue weighted by Gasteiger charge is 1.94. The monoisotopic (exact) mass is 429 g/mol. The van der Waals surface area contributed by atoms with E-state index in [1.165, 1.54) is 32.7 Å². The minimum atomic E-state index is 1.07. The van der Waals surface area contributed by atoms with Crippen molar-refractivity contribution in [2.24, 2.45) is 0 Å². The smallest absolute Gasteiger partial charge is 0.0705 e. The van der Waals surface area contributed by atoms with Crippen LogP contribution in [0.2, 0.25) is 0 Å². The van der Waals surface area contributed by atoms with E-state index in [-0.39, 0.29) is 0 Å². The summed E-state index contributed by atoms with van der Waals surface area (Å²) >= 11 is 0. The Kier molecular flexibility index (Phi) is 7.01. The molecule has 0 aliphatic rings. The van der Waals surface area contributed by atoms with Gasteiger partial charge in [-0.25, -0.2) is 0 Å². The van der Waals surface area contributed by atoms with Gasteiger partial charge in [0, 0.05) is 40.4 Å². The first-order chi connectivity index (χ1) is 16.1. The molecular weight excluding hydrogens is 402 g/mol. The number of hydrogen-bond donors (Lipinski definition) is 0. The van der Waals surface area contributed by atoms with Gasteiger partial charge in [-0.05, 0) is 61.5 Å². The third-order valence-corrected chi connectivity index (χ3v) is 5.33. The predicted molar refractivity (Wildman–Crippen MR) is 139 cm³/mol. The Balaban J connectivity index is 0.000000118. The normalized spacial score (nSPS) is 10.3. The third kappa shape index (κ3) is 5.78. The second-order valence-electron chi connectivity index (χ2n) is 8.03. The molecular formula is C30H27N3. The van der Waals surface area contributed by atoms with Crippen LogP contribution < -0.4 is 0 Å². The van der Waals surface area contributed by atoms with E-state index in [0.29, 0.717) is 0 Å². The maximum absolute atomic E-state index is 4.38. The Morgan fingerprint density at radius 2 is 1.21 bits per heavy atom. The van der Waals surface area contributed by atoms with E-state index in [9.17, 15) is 0 Å². The molecule has 3 nitrogen and oxygen atoms in total. The summed E-state index contributed by atoms with van der Waals surface area (Å²) < 4.78 is 0. The van der Waals surface area contributed by atoms with Gasteiger partial charge in [-0.1, -0.05) is 66.7 Å². The highest BCUT2D eigenvalue weighted by Crippen LogP contribution is 2.15. The van der Waals surface area contributed by atoms with Crippen molar-refractivity contribution in [3.63, 3.8) is 0 Å². The molecule has 6 aromatic rings. The minimum Gasteiger partial charge on any atom is -0.264 e. The van der Waals surface area contributed by atoms with Crippen LogP contribution in [0.4, 0.5) is 0 Å². The lowest BCUT2D eigenvalue weighted by Crippen LogP contribution is -1.80. The van der Waals surface area contributed by atoms with Gasteiger partial charge in [0.1, 0.15) is 0 Å². The number of nitrogens with zero attached hydrogens (tertiary/aromatic N) is 3. The van der Waals surface area contributed by atoms with Gasteiger partial charge in [-0.15, -0.1) is 0 Å². The molecule has 0 unspecified atom stereocenters. The summed E-state index contributed by atoms with van der Waals surface area (Å²) in [5, 5.41) is 4.93. The molecule has 0 saturated heterocycles. The summed E-state index contributed by atoms with van der Waals surface area (Å²) in [6, 6.07) is 30.8. The summed E-state index contributed by atoms with van der Waals surface area (Å²) in [5.74, 6) is 0. The number of pyridine rings is 3. The standard InChI is InChI=1S/3C10H9N/c1-8-6-11-7-9-4-2-3-5-10(8)9;1-8-6-9-4-2-3-5-10(9)11-7-8;1-8-6-7-9-4-2-3-5-10(9)11-8/h3*2-7H,1H3.